The van der Waals surface area contributed by atoms with Crippen molar-refractivity contribution in [2.45, 2.75) is 26.2 Å². The quantitative estimate of drug-likeness (QED) is 0.555. The van der Waals surface area contributed by atoms with Gasteiger partial charge in [-0.3, -0.25) is 4.79 Å². The maximum atomic E-state index is 11.3. The molecule has 0 spiro atoms. The van der Waals surface area contributed by atoms with Crippen molar-refractivity contribution in [2.24, 2.45) is 0 Å². The van der Waals surface area contributed by atoms with E-state index in [0.29, 0.717) is 6.42 Å². The minimum absolute atomic E-state index is 0.00231. The number of rotatable bonds is 3. The standard InChI is InChI=1S/C5H8F2O/c1-2-3-4(8)5(6)7/h5H,2-3H2,1H3. The Labute approximate surface area is 46.7 Å². The Morgan fingerprint density at radius 2 is 2.12 bits per heavy atom. The molecule has 0 aliphatic rings. The van der Waals surface area contributed by atoms with Crippen molar-refractivity contribution >= 4 is 5.78 Å². The summed E-state index contributed by atoms with van der Waals surface area (Å²) >= 11 is 0. The molecule has 0 saturated carbocycles. The Kier molecular flexibility index (Phi) is 3.31. The number of halogens is 2. The molecule has 0 N–H and O–H groups in total. The number of alkyl halides is 2. The Hall–Kier alpha value is -0.470. The van der Waals surface area contributed by atoms with E-state index in [-0.39, 0.29) is 6.42 Å². The molecule has 0 heterocycles. The van der Waals surface area contributed by atoms with E-state index in [2.05, 4.69) is 0 Å². The number of Topliss-reactive ketones (excluding diaryl/α,β-unsaturated/α-hetero) is 1. The van der Waals surface area contributed by atoms with Crippen LogP contribution in [0, 0.1) is 0 Å². The first-order valence-electron chi connectivity index (χ1n) is 2.49. The fraction of sp³-hybridized carbons (Fsp3) is 0.800. The van der Waals surface area contributed by atoms with Crippen LogP contribution in [0.1, 0.15) is 19.8 Å². The summed E-state index contributed by atoms with van der Waals surface area (Å²) in [6, 6.07) is 0. The van der Waals surface area contributed by atoms with Crippen LogP contribution in [0.25, 0.3) is 0 Å². The number of hydrogen-bond donors (Lipinski definition) is 0. The van der Waals surface area contributed by atoms with Gasteiger partial charge in [-0.25, -0.2) is 8.78 Å². The van der Waals surface area contributed by atoms with Gasteiger partial charge in [0.15, 0.2) is 5.78 Å². The Morgan fingerprint density at radius 3 is 2.25 bits per heavy atom. The second kappa shape index (κ2) is 3.52. The van der Waals surface area contributed by atoms with Crippen LogP contribution in [0.5, 0.6) is 0 Å². The SMILES string of the molecule is CCCC(=O)C(F)F. The molecular weight excluding hydrogens is 114 g/mol. The number of carbonyl (C=O) groups is 1. The molecule has 0 aromatic carbocycles. The minimum Gasteiger partial charge on any atom is -0.293 e. The zero-order chi connectivity index (χ0) is 6.57. The molecule has 0 amide bonds. The van der Waals surface area contributed by atoms with Crippen LogP contribution < -0.4 is 0 Å². The third-order valence-electron chi connectivity index (χ3n) is 0.740. The van der Waals surface area contributed by atoms with Gasteiger partial charge in [-0.15, -0.1) is 0 Å². The van der Waals surface area contributed by atoms with E-state index in [4.69, 9.17) is 0 Å². The van der Waals surface area contributed by atoms with E-state index >= 15 is 0 Å². The van der Waals surface area contributed by atoms with Crippen molar-refractivity contribution in [1.29, 1.82) is 0 Å². The zero-order valence-electron chi connectivity index (χ0n) is 4.66. The lowest BCUT2D eigenvalue weighted by molar-refractivity contribution is -0.129. The van der Waals surface area contributed by atoms with E-state index < -0.39 is 12.2 Å². The summed E-state index contributed by atoms with van der Waals surface area (Å²) in [7, 11) is 0. The Morgan fingerprint density at radius 1 is 1.62 bits per heavy atom. The lowest BCUT2D eigenvalue weighted by Gasteiger charge is -1.92. The van der Waals surface area contributed by atoms with Crippen LogP contribution in [0.2, 0.25) is 0 Å². The van der Waals surface area contributed by atoms with E-state index in [1.54, 1.807) is 6.92 Å². The molecular formula is C5H8F2O. The molecule has 0 aromatic heterocycles. The lowest BCUT2D eigenvalue weighted by atomic mass is 10.2. The molecule has 0 aromatic rings. The van der Waals surface area contributed by atoms with Gasteiger partial charge in [0.1, 0.15) is 0 Å². The number of carbonyl (C=O) groups excluding carboxylic acids is 1. The summed E-state index contributed by atoms with van der Waals surface area (Å²) in [5, 5.41) is 0. The third kappa shape index (κ3) is 2.66. The van der Waals surface area contributed by atoms with Gasteiger partial charge in [0.2, 0.25) is 0 Å². The first-order chi connectivity index (χ1) is 3.68. The molecule has 0 radical (unpaired) electrons. The second-order valence-electron chi connectivity index (χ2n) is 1.52. The van der Waals surface area contributed by atoms with E-state index in [9.17, 15) is 13.6 Å². The molecule has 0 aliphatic carbocycles. The Balaban J connectivity index is 3.33. The van der Waals surface area contributed by atoms with Crippen LogP contribution >= 0.6 is 0 Å². The first-order valence-corrected chi connectivity index (χ1v) is 2.49. The highest BCUT2D eigenvalue weighted by molar-refractivity contribution is 5.81. The lowest BCUT2D eigenvalue weighted by Crippen LogP contribution is -2.08. The van der Waals surface area contributed by atoms with Gasteiger partial charge in [-0.05, 0) is 6.42 Å². The highest BCUT2D eigenvalue weighted by Gasteiger charge is 2.12. The molecule has 0 fully saturated rings. The van der Waals surface area contributed by atoms with Gasteiger partial charge in [0.05, 0.1) is 0 Å². The maximum Gasteiger partial charge on any atom is 0.295 e. The predicted molar refractivity (Wildman–Crippen MR) is 25.9 cm³/mol. The van der Waals surface area contributed by atoms with Crippen LogP contribution in [0.3, 0.4) is 0 Å². The van der Waals surface area contributed by atoms with E-state index in [0.717, 1.165) is 0 Å². The molecule has 0 atom stereocenters. The smallest absolute Gasteiger partial charge is 0.293 e. The first kappa shape index (κ1) is 7.53. The van der Waals surface area contributed by atoms with Gasteiger partial charge < -0.3 is 0 Å². The van der Waals surface area contributed by atoms with Crippen molar-refractivity contribution in [2.75, 3.05) is 0 Å². The van der Waals surface area contributed by atoms with E-state index in [1.807, 2.05) is 0 Å². The monoisotopic (exact) mass is 122 g/mol. The highest BCUT2D eigenvalue weighted by atomic mass is 19.3. The summed E-state index contributed by atoms with van der Waals surface area (Å²) in [4.78, 5) is 9.99. The molecule has 8 heavy (non-hydrogen) atoms. The zero-order valence-corrected chi connectivity index (χ0v) is 4.66. The van der Waals surface area contributed by atoms with E-state index in [1.165, 1.54) is 0 Å². The normalized spacial score (nSPS) is 10.0. The molecule has 0 rings (SSSR count). The summed E-state index contributed by atoms with van der Waals surface area (Å²) < 4.78 is 22.5. The average molecular weight is 122 g/mol. The maximum absolute atomic E-state index is 11.3. The Bertz CT molecular complexity index is 80.5. The van der Waals surface area contributed by atoms with Crippen LogP contribution in [-0.2, 0) is 4.79 Å². The summed E-state index contributed by atoms with van der Waals surface area (Å²) in [5.41, 5.74) is 0. The van der Waals surface area contributed by atoms with Crippen molar-refractivity contribution in [3.8, 4) is 0 Å². The predicted octanol–water partition coefficient (Wildman–Crippen LogP) is 1.62. The summed E-state index contributed by atoms with van der Waals surface area (Å²) in [6.07, 6.45) is -2.27. The van der Waals surface area contributed by atoms with Gasteiger partial charge in [0.25, 0.3) is 6.43 Å². The number of ketones is 1. The summed E-state index contributed by atoms with van der Waals surface area (Å²) in [6.45, 7) is 1.69. The van der Waals surface area contributed by atoms with Gasteiger partial charge in [-0.2, -0.15) is 0 Å². The molecule has 48 valence electrons. The average Bonchev–Trinajstić information content (AvgIpc) is 1.67. The highest BCUT2D eigenvalue weighted by Crippen LogP contribution is 1.99. The van der Waals surface area contributed by atoms with Gasteiger partial charge in [-0.1, -0.05) is 6.92 Å². The topological polar surface area (TPSA) is 17.1 Å². The van der Waals surface area contributed by atoms with Crippen LogP contribution in [0.15, 0.2) is 0 Å². The molecule has 1 nitrogen and oxygen atoms in total. The van der Waals surface area contributed by atoms with Crippen molar-refractivity contribution in [1.82, 2.24) is 0 Å². The number of hydrogen-bond acceptors (Lipinski definition) is 1. The van der Waals surface area contributed by atoms with Gasteiger partial charge >= 0.3 is 0 Å². The molecule has 0 aliphatic heterocycles. The summed E-state index contributed by atoms with van der Waals surface area (Å²) in [5.74, 6) is -0.951. The third-order valence-corrected chi connectivity index (χ3v) is 0.740. The van der Waals surface area contributed by atoms with Crippen LogP contribution in [0.4, 0.5) is 8.78 Å². The fourth-order valence-electron chi connectivity index (χ4n) is 0.356. The largest absolute Gasteiger partial charge is 0.295 e. The van der Waals surface area contributed by atoms with Crippen molar-refractivity contribution in [3.63, 3.8) is 0 Å². The van der Waals surface area contributed by atoms with Crippen molar-refractivity contribution < 1.29 is 13.6 Å². The second-order valence-corrected chi connectivity index (χ2v) is 1.52. The fourth-order valence-corrected chi connectivity index (χ4v) is 0.356. The van der Waals surface area contributed by atoms with Crippen LogP contribution in [-0.4, -0.2) is 12.2 Å². The molecule has 0 unspecified atom stereocenters. The van der Waals surface area contributed by atoms with Gasteiger partial charge in [0, 0.05) is 6.42 Å². The molecule has 0 saturated heterocycles. The van der Waals surface area contributed by atoms with Crippen molar-refractivity contribution in [3.05, 3.63) is 0 Å². The minimum atomic E-state index is -2.77. The molecule has 3 heteroatoms. The molecule has 0 bridgehead atoms.